The lowest BCUT2D eigenvalue weighted by molar-refractivity contribution is 0.00578. The van der Waals surface area contributed by atoms with Crippen LogP contribution < -0.4 is 5.46 Å². The van der Waals surface area contributed by atoms with E-state index >= 15 is 0 Å². The van der Waals surface area contributed by atoms with Crippen LogP contribution in [0, 0.1) is 0 Å². The number of hydrogen-bond donors (Lipinski definition) is 0. The van der Waals surface area contributed by atoms with Gasteiger partial charge in [0, 0.05) is 17.4 Å². The van der Waals surface area contributed by atoms with E-state index in [0.717, 1.165) is 28.1 Å². The molecule has 2 heterocycles. The van der Waals surface area contributed by atoms with Crippen molar-refractivity contribution in [3.63, 3.8) is 0 Å². The van der Waals surface area contributed by atoms with E-state index in [1.54, 1.807) is 11.3 Å². The summed E-state index contributed by atoms with van der Waals surface area (Å²) >= 11 is 1.71. The van der Waals surface area contributed by atoms with E-state index in [1.807, 2.05) is 18.2 Å². The van der Waals surface area contributed by atoms with Crippen molar-refractivity contribution in [2.24, 2.45) is 0 Å². The lowest BCUT2D eigenvalue weighted by Crippen LogP contribution is -2.41. The summed E-state index contributed by atoms with van der Waals surface area (Å²) in [5, 5.41) is 3.25. The predicted molar refractivity (Wildman–Crippen MR) is 113 cm³/mol. The summed E-state index contributed by atoms with van der Waals surface area (Å²) in [6.45, 7) is 8.31. The van der Waals surface area contributed by atoms with Gasteiger partial charge in [-0.2, -0.15) is 0 Å². The standard InChI is InChI=1S/C22H24BNO2S/c1-21(2)22(3,4)26-23(25-21)18-12-10-16(11-13-18)14-20-24-19(15-27-20)17-8-6-5-7-9-17/h5-13,15H,14H2,1-4H3. The molecule has 0 atom stereocenters. The summed E-state index contributed by atoms with van der Waals surface area (Å²) in [5.41, 5.74) is 3.88. The fourth-order valence-electron chi connectivity index (χ4n) is 3.08. The molecule has 1 aliphatic rings. The molecule has 4 rings (SSSR count). The lowest BCUT2D eigenvalue weighted by Gasteiger charge is -2.32. The molecule has 3 nitrogen and oxygen atoms in total. The number of nitrogens with zero attached hydrogens (tertiary/aromatic N) is 1. The molecule has 0 amide bonds. The largest absolute Gasteiger partial charge is 0.494 e. The van der Waals surface area contributed by atoms with Crippen molar-refractivity contribution >= 4 is 23.9 Å². The number of thiazole rings is 1. The van der Waals surface area contributed by atoms with Gasteiger partial charge in [-0.05, 0) is 38.7 Å². The van der Waals surface area contributed by atoms with Crippen molar-refractivity contribution in [3.8, 4) is 11.3 Å². The molecule has 138 valence electrons. The van der Waals surface area contributed by atoms with Crippen LogP contribution in [-0.4, -0.2) is 23.3 Å². The Morgan fingerprint density at radius 1 is 0.889 bits per heavy atom. The Morgan fingerprint density at radius 3 is 2.15 bits per heavy atom. The van der Waals surface area contributed by atoms with Crippen molar-refractivity contribution < 1.29 is 9.31 Å². The molecule has 0 radical (unpaired) electrons. The molecule has 1 aliphatic heterocycles. The average molecular weight is 377 g/mol. The molecule has 5 heteroatoms. The third kappa shape index (κ3) is 3.72. The van der Waals surface area contributed by atoms with Gasteiger partial charge in [0.15, 0.2) is 0 Å². The van der Waals surface area contributed by atoms with Gasteiger partial charge < -0.3 is 9.31 Å². The highest BCUT2D eigenvalue weighted by molar-refractivity contribution is 7.10. The highest BCUT2D eigenvalue weighted by Gasteiger charge is 2.51. The summed E-state index contributed by atoms with van der Waals surface area (Å²) in [4.78, 5) is 4.78. The van der Waals surface area contributed by atoms with Crippen LogP contribution in [0.4, 0.5) is 0 Å². The minimum atomic E-state index is -0.314. The molecule has 0 aliphatic carbocycles. The van der Waals surface area contributed by atoms with Crippen LogP contribution in [0.5, 0.6) is 0 Å². The van der Waals surface area contributed by atoms with Gasteiger partial charge in [0.2, 0.25) is 0 Å². The van der Waals surface area contributed by atoms with Crippen molar-refractivity contribution in [2.45, 2.75) is 45.3 Å². The van der Waals surface area contributed by atoms with Crippen LogP contribution in [0.1, 0.15) is 38.3 Å². The Kier molecular flexibility index (Phi) is 4.71. The smallest absolute Gasteiger partial charge is 0.399 e. The maximum absolute atomic E-state index is 6.13. The molecule has 2 aromatic carbocycles. The molecule has 3 aromatic rings. The monoisotopic (exact) mass is 377 g/mol. The summed E-state index contributed by atoms with van der Waals surface area (Å²) in [5.74, 6) is 0. The fourth-order valence-corrected chi connectivity index (χ4v) is 3.92. The van der Waals surface area contributed by atoms with Gasteiger partial charge in [0.25, 0.3) is 0 Å². The maximum Gasteiger partial charge on any atom is 0.494 e. The first-order chi connectivity index (χ1) is 12.8. The highest BCUT2D eigenvalue weighted by Crippen LogP contribution is 2.36. The zero-order valence-electron chi connectivity index (χ0n) is 16.2. The van der Waals surface area contributed by atoms with Gasteiger partial charge in [-0.3, -0.25) is 0 Å². The summed E-state index contributed by atoms with van der Waals surface area (Å²) in [6.07, 6.45) is 0.834. The molecule has 1 aromatic heterocycles. The molecule has 0 unspecified atom stereocenters. The Labute approximate surface area is 165 Å². The molecule has 1 saturated heterocycles. The number of benzene rings is 2. The third-order valence-electron chi connectivity index (χ3n) is 5.48. The van der Waals surface area contributed by atoms with Gasteiger partial charge in [0.05, 0.1) is 21.9 Å². The first-order valence-corrected chi connectivity index (χ1v) is 10.2. The Morgan fingerprint density at radius 2 is 1.52 bits per heavy atom. The maximum atomic E-state index is 6.13. The van der Waals surface area contributed by atoms with Crippen molar-refractivity contribution in [3.05, 3.63) is 70.5 Å². The van der Waals surface area contributed by atoms with Crippen LogP contribution >= 0.6 is 11.3 Å². The zero-order valence-corrected chi connectivity index (χ0v) is 17.0. The second-order valence-electron chi connectivity index (χ2n) is 8.00. The van der Waals surface area contributed by atoms with E-state index in [1.165, 1.54) is 5.56 Å². The molecule has 0 bridgehead atoms. The summed E-state index contributed by atoms with van der Waals surface area (Å²) in [7, 11) is -0.311. The predicted octanol–water partition coefficient (Wildman–Crippen LogP) is 4.70. The van der Waals surface area contributed by atoms with E-state index in [2.05, 4.69) is 69.5 Å². The van der Waals surface area contributed by atoms with Crippen LogP contribution in [0.25, 0.3) is 11.3 Å². The molecule has 0 N–H and O–H groups in total. The Bertz CT molecular complexity index is 903. The molecule has 27 heavy (non-hydrogen) atoms. The topological polar surface area (TPSA) is 31.4 Å². The van der Waals surface area contributed by atoms with Gasteiger partial charge in [0.1, 0.15) is 0 Å². The first kappa shape index (κ1) is 18.4. The zero-order chi connectivity index (χ0) is 19.1. The molecule has 1 fully saturated rings. The van der Waals surface area contributed by atoms with E-state index in [9.17, 15) is 0 Å². The van der Waals surface area contributed by atoms with Crippen LogP contribution in [-0.2, 0) is 15.7 Å². The number of aromatic nitrogens is 1. The number of rotatable bonds is 4. The van der Waals surface area contributed by atoms with Crippen molar-refractivity contribution in [2.75, 3.05) is 0 Å². The molecule has 0 spiro atoms. The average Bonchev–Trinajstić information content (AvgIpc) is 3.18. The second-order valence-corrected chi connectivity index (χ2v) is 8.94. The second kappa shape index (κ2) is 6.90. The van der Waals surface area contributed by atoms with E-state index < -0.39 is 0 Å². The normalized spacial score (nSPS) is 18.0. The van der Waals surface area contributed by atoms with Crippen LogP contribution in [0.15, 0.2) is 60.0 Å². The SMILES string of the molecule is CC1(C)OB(c2ccc(Cc3nc(-c4ccccc4)cs3)cc2)OC1(C)C. The van der Waals surface area contributed by atoms with Crippen LogP contribution in [0.3, 0.4) is 0 Å². The van der Waals surface area contributed by atoms with Gasteiger partial charge in [-0.25, -0.2) is 4.98 Å². The van der Waals surface area contributed by atoms with Crippen LogP contribution in [0.2, 0.25) is 0 Å². The highest BCUT2D eigenvalue weighted by atomic mass is 32.1. The first-order valence-electron chi connectivity index (χ1n) is 9.28. The van der Waals surface area contributed by atoms with Crippen molar-refractivity contribution in [1.82, 2.24) is 4.98 Å². The minimum Gasteiger partial charge on any atom is -0.399 e. The fraction of sp³-hybridized carbons (Fsp3) is 0.318. The molecular weight excluding hydrogens is 353 g/mol. The Balaban J connectivity index is 1.46. The molecular formula is C22H24BNO2S. The Hall–Kier alpha value is -1.95. The lowest BCUT2D eigenvalue weighted by atomic mass is 9.79. The van der Waals surface area contributed by atoms with Crippen molar-refractivity contribution in [1.29, 1.82) is 0 Å². The van der Waals surface area contributed by atoms with Gasteiger partial charge in [-0.1, -0.05) is 54.6 Å². The quantitative estimate of drug-likeness (QED) is 0.618. The summed E-state index contributed by atoms with van der Waals surface area (Å²) < 4.78 is 12.3. The summed E-state index contributed by atoms with van der Waals surface area (Å²) in [6, 6.07) is 18.8. The van der Waals surface area contributed by atoms with E-state index in [4.69, 9.17) is 14.3 Å². The number of hydrogen-bond acceptors (Lipinski definition) is 4. The minimum absolute atomic E-state index is 0.311. The van der Waals surface area contributed by atoms with E-state index in [-0.39, 0.29) is 18.3 Å². The van der Waals surface area contributed by atoms with Gasteiger partial charge >= 0.3 is 7.12 Å². The third-order valence-corrected chi connectivity index (χ3v) is 6.33. The van der Waals surface area contributed by atoms with Gasteiger partial charge in [-0.15, -0.1) is 11.3 Å². The van der Waals surface area contributed by atoms with E-state index in [0.29, 0.717) is 0 Å². The molecule has 0 saturated carbocycles.